The van der Waals surface area contributed by atoms with E-state index < -0.39 is 0 Å². The van der Waals surface area contributed by atoms with Crippen molar-refractivity contribution in [1.29, 1.82) is 0 Å². The molecule has 1 aliphatic rings. The molecule has 0 saturated carbocycles. The van der Waals surface area contributed by atoms with E-state index in [-0.39, 0.29) is 5.91 Å². The van der Waals surface area contributed by atoms with Crippen LogP contribution in [0, 0.1) is 0 Å². The van der Waals surface area contributed by atoms with E-state index in [2.05, 4.69) is 14.9 Å². The van der Waals surface area contributed by atoms with Crippen molar-refractivity contribution in [1.82, 2.24) is 9.97 Å². The van der Waals surface area contributed by atoms with Gasteiger partial charge in [0.15, 0.2) is 0 Å². The van der Waals surface area contributed by atoms with E-state index in [1.165, 1.54) is 0 Å². The molecule has 2 rings (SSSR count). The summed E-state index contributed by atoms with van der Waals surface area (Å²) in [6, 6.07) is 1.78. The summed E-state index contributed by atoms with van der Waals surface area (Å²) >= 11 is 0. The Bertz CT molecular complexity index is 432. The molecular formula is C13H20N4O2. The number of amides is 1. The van der Waals surface area contributed by atoms with Crippen molar-refractivity contribution in [3.63, 3.8) is 0 Å². The number of hydrogen-bond donors (Lipinski definition) is 0. The maximum absolute atomic E-state index is 11.9. The first kappa shape index (κ1) is 13.7. The average molecular weight is 264 g/mol. The first-order valence-corrected chi connectivity index (χ1v) is 6.72. The molecule has 0 aromatic carbocycles. The van der Waals surface area contributed by atoms with Gasteiger partial charge in [0.1, 0.15) is 5.82 Å². The molecule has 1 fully saturated rings. The number of ether oxygens (including phenoxy) is 1. The third kappa shape index (κ3) is 3.20. The van der Waals surface area contributed by atoms with Crippen LogP contribution in [-0.2, 0) is 9.53 Å². The van der Waals surface area contributed by atoms with Crippen LogP contribution in [0.4, 0.5) is 11.8 Å². The average Bonchev–Trinajstić information content (AvgIpc) is 2.49. The zero-order valence-corrected chi connectivity index (χ0v) is 11.5. The lowest BCUT2D eigenvalue weighted by Crippen LogP contribution is -2.38. The van der Waals surface area contributed by atoms with Gasteiger partial charge in [-0.3, -0.25) is 9.69 Å². The number of hydrogen-bond acceptors (Lipinski definition) is 5. The highest BCUT2D eigenvalue weighted by molar-refractivity contribution is 5.92. The van der Waals surface area contributed by atoms with Crippen LogP contribution in [0.5, 0.6) is 0 Å². The van der Waals surface area contributed by atoms with Gasteiger partial charge < -0.3 is 9.64 Å². The Morgan fingerprint density at radius 3 is 2.79 bits per heavy atom. The van der Waals surface area contributed by atoms with Crippen molar-refractivity contribution in [2.45, 2.75) is 20.3 Å². The largest absolute Gasteiger partial charge is 0.378 e. The number of morpholine rings is 1. The van der Waals surface area contributed by atoms with Gasteiger partial charge in [0.2, 0.25) is 11.9 Å². The van der Waals surface area contributed by atoms with Gasteiger partial charge in [-0.05, 0) is 13.0 Å². The molecule has 0 radical (unpaired) electrons. The van der Waals surface area contributed by atoms with Gasteiger partial charge in [-0.15, -0.1) is 0 Å². The van der Waals surface area contributed by atoms with Crippen LogP contribution in [0.3, 0.4) is 0 Å². The van der Waals surface area contributed by atoms with Crippen LogP contribution in [0.1, 0.15) is 20.3 Å². The van der Waals surface area contributed by atoms with Gasteiger partial charge >= 0.3 is 0 Å². The van der Waals surface area contributed by atoms with Crippen molar-refractivity contribution in [3.8, 4) is 0 Å². The molecule has 1 saturated heterocycles. The maximum atomic E-state index is 11.9. The molecule has 6 heteroatoms. The van der Waals surface area contributed by atoms with E-state index in [0.29, 0.717) is 37.9 Å². The summed E-state index contributed by atoms with van der Waals surface area (Å²) in [4.78, 5) is 24.4. The predicted molar refractivity (Wildman–Crippen MR) is 73.4 cm³/mol. The summed E-state index contributed by atoms with van der Waals surface area (Å²) in [7, 11) is 0. The zero-order chi connectivity index (χ0) is 13.7. The second-order valence-corrected chi connectivity index (χ2v) is 4.31. The minimum Gasteiger partial charge on any atom is -0.378 e. The number of nitrogens with zero attached hydrogens (tertiary/aromatic N) is 4. The Balaban J connectivity index is 2.19. The molecule has 0 bridgehead atoms. The fourth-order valence-corrected chi connectivity index (χ4v) is 2.06. The second-order valence-electron chi connectivity index (χ2n) is 4.31. The second kappa shape index (κ2) is 6.47. The summed E-state index contributed by atoms with van der Waals surface area (Å²) in [5, 5.41) is 0. The maximum Gasteiger partial charge on any atom is 0.227 e. The summed E-state index contributed by atoms with van der Waals surface area (Å²) in [6.45, 7) is 7.39. The number of rotatable bonds is 4. The summed E-state index contributed by atoms with van der Waals surface area (Å²) in [6.07, 6.45) is 2.18. The minimum atomic E-state index is 0.0779. The van der Waals surface area contributed by atoms with Crippen LogP contribution in [-0.4, -0.2) is 48.7 Å². The molecule has 1 aliphatic heterocycles. The molecule has 0 atom stereocenters. The van der Waals surface area contributed by atoms with Crippen LogP contribution < -0.4 is 9.80 Å². The molecule has 1 amide bonds. The van der Waals surface area contributed by atoms with Crippen molar-refractivity contribution in [2.75, 3.05) is 42.6 Å². The predicted octanol–water partition coefficient (Wildman–Crippen LogP) is 1.08. The number of aromatic nitrogens is 2. The molecule has 1 aromatic heterocycles. The quantitative estimate of drug-likeness (QED) is 0.814. The molecule has 0 unspecified atom stereocenters. The smallest absolute Gasteiger partial charge is 0.227 e. The summed E-state index contributed by atoms with van der Waals surface area (Å²) in [5.74, 6) is 1.42. The Morgan fingerprint density at radius 1 is 1.42 bits per heavy atom. The molecule has 19 heavy (non-hydrogen) atoms. The fourth-order valence-electron chi connectivity index (χ4n) is 2.06. The third-order valence-electron chi connectivity index (χ3n) is 3.12. The fraction of sp³-hybridized carbons (Fsp3) is 0.615. The van der Waals surface area contributed by atoms with E-state index >= 15 is 0 Å². The van der Waals surface area contributed by atoms with E-state index in [1.54, 1.807) is 17.2 Å². The number of anilines is 2. The summed E-state index contributed by atoms with van der Waals surface area (Å²) < 4.78 is 5.31. The normalized spacial score (nSPS) is 15.4. The van der Waals surface area contributed by atoms with Crippen molar-refractivity contribution in [3.05, 3.63) is 12.3 Å². The Morgan fingerprint density at radius 2 is 2.16 bits per heavy atom. The molecule has 2 heterocycles. The lowest BCUT2D eigenvalue weighted by atomic mass is 10.3. The molecule has 0 N–H and O–H groups in total. The highest BCUT2D eigenvalue weighted by atomic mass is 16.5. The Labute approximate surface area is 113 Å². The first-order valence-electron chi connectivity index (χ1n) is 6.72. The lowest BCUT2D eigenvalue weighted by molar-refractivity contribution is -0.118. The van der Waals surface area contributed by atoms with Gasteiger partial charge in [-0.25, -0.2) is 4.98 Å². The van der Waals surface area contributed by atoms with Crippen LogP contribution in [0.15, 0.2) is 12.3 Å². The zero-order valence-electron chi connectivity index (χ0n) is 11.5. The van der Waals surface area contributed by atoms with Crippen LogP contribution in [0.2, 0.25) is 0 Å². The SMILES string of the molecule is CCC(=O)N(CC)c1ccnc(N2CCOCC2)n1. The van der Waals surface area contributed by atoms with Crippen molar-refractivity contribution in [2.24, 2.45) is 0 Å². The standard InChI is InChI=1S/C13H20N4O2/c1-3-12(18)17(4-2)11-5-6-14-13(15-11)16-7-9-19-10-8-16/h5-6H,3-4,7-10H2,1-2H3. The monoisotopic (exact) mass is 264 g/mol. The van der Waals surface area contributed by atoms with E-state index in [9.17, 15) is 4.79 Å². The molecule has 0 spiro atoms. The number of carbonyl (C=O) groups is 1. The Hall–Kier alpha value is -1.69. The van der Waals surface area contributed by atoms with E-state index in [1.807, 2.05) is 13.8 Å². The Kier molecular flexibility index (Phi) is 4.68. The molecule has 104 valence electrons. The third-order valence-corrected chi connectivity index (χ3v) is 3.12. The lowest BCUT2D eigenvalue weighted by Gasteiger charge is -2.27. The minimum absolute atomic E-state index is 0.0779. The van der Waals surface area contributed by atoms with Gasteiger partial charge in [-0.2, -0.15) is 4.98 Å². The molecule has 0 aliphatic carbocycles. The topological polar surface area (TPSA) is 58.6 Å². The van der Waals surface area contributed by atoms with E-state index in [4.69, 9.17) is 4.74 Å². The van der Waals surface area contributed by atoms with Crippen molar-refractivity contribution >= 4 is 17.7 Å². The van der Waals surface area contributed by atoms with Crippen LogP contribution in [0.25, 0.3) is 0 Å². The van der Waals surface area contributed by atoms with Gasteiger partial charge in [-0.1, -0.05) is 6.92 Å². The summed E-state index contributed by atoms with van der Waals surface area (Å²) in [5.41, 5.74) is 0. The van der Waals surface area contributed by atoms with E-state index in [0.717, 1.165) is 13.1 Å². The van der Waals surface area contributed by atoms with Gasteiger partial charge in [0, 0.05) is 32.3 Å². The van der Waals surface area contributed by atoms with Gasteiger partial charge in [0.25, 0.3) is 0 Å². The first-order chi connectivity index (χ1) is 9.26. The number of carbonyl (C=O) groups excluding carboxylic acids is 1. The highest BCUT2D eigenvalue weighted by Crippen LogP contribution is 2.16. The van der Waals surface area contributed by atoms with Crippen LogP contribution >= 0.6 is 0 Å². The highest BCUT2D eigenvalue weighted by Gasteiger charge is 2.17. The van der Waals surface area contributed by atoms with Crippen molar-refractivity contribution < 1.29 is 9.53 Å². The molecule has 6 nitrogen and oxygen atoms in total. The molecule has 1 aromatic rings. The molecular weight excluding hydrogens is 244 g/mol. The van der Waals surface area contributed by atoms with Gasteiger partial charge in [0.05, 0.1) is 13.2 Å².